The first kappa shape index (κ1) is 11.8. The molecule has 2 atom stereocenters. The number of halogens is 2. The van der Waals surface area contributed by atoms with Crippen LogP contribution in [0.3, 0.4) is 0 Å². The Hall–Kier alpha value is -0.300. The summed E-state index contributed by atoms with van der Waals surface area (Å²) in [6, 6.07) is -0.106. The first-order valence-corrected chi connectivity index (χ1v) is 4.55. The van der Waals surface area contributed by atoms with Crippen molar-refractivity contribution >= 4 is 0 Å². The lowest BCUT2D eigenvalue weighted by molar-refractivity contribution is 0.0173. The summed E-state index contributed by atoms with van der Waals surface area (Å²) in [4.78, 5) is 0. The summed E-state index contributed by atoms with van der Waals surface area (Å²) in [6.45, 7) is 0.905. The van der Waals surface area contributed by atoms with Crippen LogP contribution >= 0.6 is 0 Å². The quantitative estimate of drug-likeness (QED) is 0.588. The van der Waals surface area contributed by atoms with Gasteiger partial charge < -0.3 is 19.9 Å². The molecule has 1 heterocycles. The second kappa shape index (κ2) is 6.23. The SMILES string of the molecule is OC1COCC1NCCOCC(F)F. The molecule has 2 unspecified atom stereocenters. The summed E-state index contributed by atoms with van der Waals surface area (Å²) >= 11 is 0. The molecule has 6 heteroatoms. The van der Waals surface area contributed by atoms with E-state index in [1.54, 1.807) is 0 Å². The Bertz CT molecular complexity index is 160. The molecule has 0 saturated carbocycles. The standard InChI is InChI=1S/C8H15F2NO3/c9-8(10)5-13-2-1-11-6-3-14-4-7(6)12/h6-8,11-12H,1-5H2. The average Bonchev–Trinajstić information content (AvgIpc) is 2.51. The summed E-state index contributed by atoms with van der Waals surface area (Å²) < 4.78 is 32.9. The largest absolute Gasteiger partial charge is 0.389 e. The molecule has 4 nitrogen and oxygen atoms in total. The maximum absolute atomic E-state index is 11.6. The van der Waals surface area contributed by atoms with Crippen LogP contribution in [-0.2, 0) is 9.47 Å². The van der Waals surface area contributed by atoms with E-state index in [0.29, 0.717) is 19.8 Å². The van der Waals surface area contributed by atoms with E-state index < -0.39 is 19.1 Å². The molecule has 0 aliphatic carbocycles. The number of alkyl halides is 2. The second-order valence-corrected chi connectivity index (χ2v) is 3.13. The van der Waals surface area contributed by atoms with E-state index in [4.69, 9.17) is 4.74 Å². The fourth-order valence-corrected chi connectivity index (χ4v) is 1.23. The highest BCUT2D eigenvalue weighted by atomic mass is 19.3. The lowest BCUT2D eigenvalue weighted by Crippen LogP contribution is -2.40. The first-order valence-electron chi connectivity index (χ1n) is 4.55. The highest BCUT2D eigenvalue weighted by molar-refractivity contribution is 4.80. The van der Waals surface area contributed by atoms with Gasteiger partial charge in [-0.1, -0.05) is 0 Å². The molecule has 0 bridgehead atoms. The van der Waals surface area contributed by atoms with Crippen molar-refractivity contribution in [2.24, 2.45) is 0 Å². The number of hydrogen-bond acceptors (Lipinski definition) is 4. The van der Waals surface area contributed by atoms with Crippen molar-refractivity contribution in [3.63, 3.8) is 0 Å². The van der Waals surface area contributed by atoms with Gasteiger partial charge in [0.25, 0.3) is 6.43 Å². The van der Waals surface area contributed by atoms with Gasteiger partial charge in [0, 0.05) is 6.54 Å². The highest BCUT2D eigenvalue weighted by Crippen LogP contribution is 2.04. The Kier molecular flexibility index (Phi) is 5.24. The molecule has 0 spiro atoms. The van der Waals surface area contributed by atoms with Crippen LogP contribution in [0.25, 0.3) is 0 Å². The molecule has 14 heavy (non-hydrogen) atoms. The van der Waals surface area contributed by atoms with Crippen molar-refractivity contribution in [3.05, 3.63) is 0 Å². The Morgan fingerprint density at radius 1 is 1.50 bits per heavy atom. The van der Waals surface area contributed by atoms with E-state index in [-0.39, 0.29) is 12.6 Å². The van der Waals surface area contributed by atoms with Crippen LogP contribution < -0.4 is 5.32 Å². The van der Waals surface area contributed by atoms with Crippen LogP contribution in [0.4, 0.5) is 8.78 Å². The molecule has 0 radical (unpaired) electrons. The van der Waals surface area contributed by atoms with Crippen LogP contribution in [0.1, 0.15) is 0 Å². The van der Waals surface area contributed by atoms with Crippen molar-refractivity contribution in [3.8, 4) is 0 Å². The molecule has 84 valence electrons. The molecular weight excluding hydrogens is 196 g/mol. The highest BCUT2D eigenvalue weighted by Gasteiger charge is 2.24. The zero-order valence-corrected chi connectivity index (χ0v) is 7.79. The van der Waals surface area contributed by atoms with Crippen molar-refractivity contribution < 1.29 is 23.4 Å². The van der Waals surface area contributed by atoms with Crippen molar-refractivity contribution in [1.82, 2.24) is 5.32 Å². The molecule has 0 amide bonds. The number of rotatable bonds is 6. The Balaban J connectivity index is 1.93. The zero-order valence-electron chi connectivity index (χ0n) is 7.79. The van der Waals surface area contributed by atoms with Crippen molar-refractivity contribution in [1.29, 1.82) is 0 Å². The smallest absolute Gasteiger partial charge is 0.261 e. The van der Waals surface area contributed by atoms with Crippen LogP contribution in [0.2, 0.25) is 0 Å². The van der Waals surface area contributed by atoms with Gasteiger partial charge in [-0.25, -0.2) is 8.78 Å². The lowest BCUT2D eigenvalue weighted by Gasteiger charge is -2.14. The van der Waals surface area contributed by atoms with E-state index in [2.05, 4.69) is 10.1 Å². The van der Waals surface area contributed by atoms with Crippen molar-refractivity contribution in [2.75, 3.05) is 33.0 Å². The summed E-state index contributed by atoms with van der Waals surface area (Å²) in [5.74, 6) is 0. The predicted molar refractivity (Wildman–Crippen MR) is 45.4 cm³/mol. The van der Waals surface area contributed by atoms with E-state index in [1.807, 2.05) is 0 Å². The van der Waals surface area contributed by atoms with E-state index in [9.17, 15) is 13.9 Å². The van der Waals surface area contributed by atoms with Crippen LogP contribution in [-0.4, -0.2) is 56.7 Å². The van der Waals surface area contributed by atoms with Gasteiger partial charge in [0.2, 0.25) is 0 Å². The van der Waals surface area contributed by atoms with E-state index in [0.717, 1.165) is 0 Å². The van der Waals surface area contributed by atoms with Gasteiger partial charge in [-0.15, -0.1) is 0 Å². The predicted octanol–water partition coefficient (Wildman–Crippen LogP) is -0.383. The minimum atomic E-state index is -2.42. The van der Waals surface area contributed by atoms with E-state index >= 15 is 0 Å². The molecule has 2 N–H and O–H groups in total. The lowest BCUT2D eigenvalue weighted by atomic mass is 10.2. The molecule has 0 aromatic heterocycles. The fraction of sp³-hybridized carbons (Fsp3) is 1.00. The summed E-state index contributed by atoms with van der Waals surface area (Å²) in [6.07, 6.45) is -2.93. The Labute approximate surface area is 81.2 Å². The van der Waals surface area contributed by atoms with Gasteiger partial charge in [0.15, 0.2) is 0 Å². The van der Waals surface area contributed by atoms with Gasteiger partial charge >= 0.3 is 0 Å². The zero-order chi connectivity index (χ0) is 10.4. The maximum atomic E-state index is 11.6. The fourth-order valence-electron chi connectivity index (χ4n) is 1.23. The number of hydrogen-bond donors (Lipinski definition) is 2. The minimum Gasteiger partial charge on any atom is -0.389 e. The number of aliphatic hydroxyl groups excluding tert-OH is 1. The monoisotopic (exact) mass is 211 g/mol. The average molecular weight is 211 g/mol. The number of nitrogens with one attached hydrogen (secondary N) is 1. The first-order chi connectivity index (χ1) is 6.70. The van der Waals surface area contributed by atoms with Gasteiger partial charge in [-0.2, -0.15) is 0 Å². The van der Waals surface area contributed by atoms with Gasteiger partial charge in [0.1, 0.15) is 6.61 Å². The molecule has 1 saturated heterocycles. The van der Waals surface area contributed by atoms with Crippen molar-refractivity contribution in [2.45, 2.75) is 18.6 Å². The van der Waals surface area contributed by atoms with Gasteiger partial charge in [-0.05, 0) is 0 Å². The van der Waals surface area contributed by atoms with Crippen LogP contribution in [0.5, 0.6) is 0 Å². The third-order valence-corrected chi connectivity index (χ3v) is 1.95. The van der Waals surface area contributed by atoms with Gasteiger partial charge in [0.05, 0.1) is 32.0 Å². The topological polar surface area (TPSA) is 50.7 Å². The summed E-state index contributed by atoms with van der Waals surface area (Å²) in [7, 11) is 0. The summed E-state index contributed by atoms with van der Waals surface area (Å²) in [5.41, 5.74) is 0. The Morgan fingerprint density at radius 2 is 2.29 bits per heavy atom. The third-order valence-electron chi connectivity index (χ3n) is 1.95. The minimum absolute atomic E-state index is 0.106. The van der Waals surface area contributed by atoms with Gasteiger partial charge in [-0.3, -0.25) is 0 Å². The van der Waals surface area contributed by atoms with E-state index in [1.165, 1.54) is 0 Å². The molecule has 0 aromatic carbocycles. The summed E-state index contributed by atoms with van der Waals surface area (Å²) in [5, 5.41) is 12.2. The molecule has 0 aromatic rings. The molecule has 1 rings (SSSR count). The molecular formula is C8H15F2NO3. The molecule has 1 aliphatic heterocycles. The Morgan fingerprint density at radius 3 is 2.86 bits per heavy atom. The second-order valence-electron chi connectivity index (χ2n) is 3.13. The van der Waals surface area contributed by atoms with Crippen LogP contribution in [0, 0.1) is 0 Å². The normalized spacial score (nSPS) is 27.4. The third kappa shape index (κ3) is 4.28. The molecule has 1 fully saturated rings. The molecule has 1 aliphatic rings. The van der Waals surface area contributed by atoms with Crippen LogP contribution in [0.15, 0.2) is 0 Å². The number of aliphatic hydroxyl groups is 1. The maximum Gasteiger partial charge on any atom is 0.261 e. The number of ether oxygens (including phenoxy) is 2.